The fourth-order valence-electron chi connectivity index (χ4n) is 1.97. The molecule has 0 bridgehead atoms. The molecule has 0 unspecified atom stereocenters. The number of rotatable bonds is 4. The number of para-hydroxylation sites is 1. The summed E-state index contributed by atoms with van der Waals surface area (Å²) in [5.74, 6) is 0.799. The van der Waals surface area contributed by atoms with Crippen molar-refractivity contribution in [2.75, 3.05) is 0 Å². The maximum atomic E-state index is 4.48. The highest BCUT2D eigenvalue weighted by Crippen LogP contribution is 2.15. The average Bonchev–Trinajstić information content (AvgIpc) is 2.28. The summed E-state index contributed by atoms with van der Waals surface area (Å²) in [5.41, 5.74) is 2.45. The fraction of sp³-hybridized carbons (Fsp3) is 0.400. The molecule has 84 valence electrons. The van der Waals surface area contributed by atoms with E-state index in [-0.39, 0.29) is 0 Å². The van der Waals surface area contributed by atoms with Gasteiger partial charge in [-0.15, -0.1) is 0 Å². The first-order valence-electron chi connectivity index (χ1n) is 6.09. The van der Waals surface area contributed by atoms with Crippen molar-refractivity contribution in [2.24, 2.45) is 5.92 Å². The van der Waals surface area contributed by atoms with Crippen LogP contribution in [0.4, 0.5) is 0 Å². The highest BCUT2D eigenvalue weighted by molar-refractivity contribution is 5.78. The lowest BCUT2D eigenvalue weighted by Crippen LogP contribution is -1.92. The van der Waals surface area contributed by atoms with Gasteiger partial charge in [0.1, 0.15) is 0 Å². The van der Waals surface area contributed by atoms with E-state index in [4.69, 9.17) is 0 Å². The summed E-state index contributed by atoms with van der Waals surface area (Å²) in [7, 11) is 0. The molecule has 0 fully saturated rings. The Kier molecular flexibility index (Phi) is 3.55. The molecular weight excluding hydrogens is 194 g/mol. The SMILES string of the molecule is CC(C)CCCc1cnc2ccccc2c1. The molecule has 0 atom stereocenters. The summed E-state index contributed by atoms with van der Waals surface area (Å²) in [6.07, 6.45) is 5.73. The molecule has 1 aromatic heterocycles. The first kappa shape index (κ1) is 11.1. The maximum Gasteiger partial charge on any atom is 0.0702 e. The van der Waals surface area contributed by atoms with E-state index in [0.29, 0.717) is 0 Å². The molecule has 1 heterocycles. The molecule has 0 aliphatic carbocycles. The van der Waals surface area contributed by atoms with E-state index in [2.05, 4.69) is 43.1 Å². The first-order valence-corrected chi connectivity index (χ1v) is 6.09. The molecule has 1 heteroatoms. The molecule has 2 rings (SSSR count). The van der Waals surface area contributed by atoms with Gasteiger partial charge in [0.15, 0.2) is 0 Å². The monoisotopic (exact) mass is 213 g/mol. The molecule has 0 saturated carbocycles. The number of aryl methyl sites for hydroxylation is 1. The number of hydrogen-bond acceptors (Lipinski definition) is 1. The molecule has 0 radical (unpaired) electrons. The lowest BCUT2D eigenvalue weighted by molar-refractivity contribution is 0.555. The molecule has 0 amide bonds. The van der Waals surface area contributed by atoms with E-state index in [1.165, 1.54) is 23.8 Å². The van der Waals surface area contributed by atoms with Gasteiger partial charge in [0.2, 0.25) is 0 Å². The van der Waals surface area contributed by atoms with Gasteiger partial charge < -0.3 is 0 Å². The number of benzene rings is 1. The lowest BCUT2D eigenvalue weighted by Gasteiger charge is -2.05. The average molecular weight is 213 g/mol. The van der Waals surface area contributed by atoms with Crippen molar-refractivity contribution in [1.29, 1.82) is 0 Å². The van der Waals surface area contributed by atoms with Gasteiger partial charge in [-0.05, 0) is 36.5 Å². The second kappa shape index (κ2) is 5.11. The molecule has 1 nitrogen and oxygen atoms in total. The highest BCUT2D eigenvalue weighted by atomic mass is 14.6. The Morgan fingerprint density at radius 2 is 2.00 bits per heavy atom. The largest absolute Gasteiger partial charge is 0.256 e. The predicted molar refractivity (Wildman–Crippen MR) is 69.5 cm³/mol. The Balaban J connectivity index is 2.08. The molecule has 0 aliphatic rings. The zero-order valence-electron chi connectivity index (χ0n) is 10.1. The summed E-state index contributed by atoms with van der Waals surface area (Å²) in [4.78, 5) is 4.48. The van der Waals surface area contributed by atoms with E-state index in [1.807, 2.05) is 12.3 Å². The van der Waals surface area contributed by atoms with Gasteiger partial charge in [0.05, 0.1) is 5.52 Å². The minimum Gasteiger partial charge on any atom is -0.256 e. The van der Waals surface area contributed by atoms with Gasteiger partial charge in [-0.1, -0.05) is 38.5 Å². The number of nitrogens with zero attached hydrogens (tertiary/aromatic N) is 1. The summed E-state index contributed by atoms with van der Waals surface area (Å²) < 4.78 is 0. The van der Waals surface area contributed by atoms with Crippen LogP contribution in [-0.2, 0) is 6.42 Å². The van der Waals surface area contributed by atoms with Crippen molar-refractivity contribution in [3.63, 3.8) is 0 Å². The molecule has 16 heavy (non-hydrogen) atoms. The summed E-state index contributed by atoms with van der Waals surface area (Å²) in [5, 5.41) is 1.25. The fourth-order valence-corrected chi connectivity index (χ4v) is 1.97. The van der Waals surface area contributed by atoms with E-state index in [1.54, 1.807) is 0 Å². The minimum atomic E-state index is 0.799. The van der Waals surface area contributed by atoms with Crippen LogP contribution in [0.15, 0.2) is 36.5 Å². The normalized spacial score (nSPS) is 11.2. The summed E-state index contributed by atoms with van der Waals surface area (Å²) in [6, 6.07) is 10.6. The van der Waals surface area contributed by atoms with Crippen LogP contribution >= 0.6 is 0 Å². The third-order valence-corrected chi connectivity index (χ3v) is 2.89. The van der Waals surface area contributed by atoms with Crippen LogP contribution in [0, 0.1) is 5.92 Å². The Bertz CT molecular complexity index is 460. The van der Waals surface area contributed by atoms with Gasteiger partial charge in [-0.3, -0.25) is 4.98 Å². The van der Waals surface area contributed by atoms with Gasteiger partial charge in [-0.2, -0.15) is 0 Å². The van der Waals surface area contributed by atoms with Crippen LogP contribution in [0.5, 0.6) is 0 Å². The van der Waals surface area contributed by atoms with E-state index < -0.39 is 0 Å². The maximum absolute atomic E-state index is 4.48. The molecule has 0 aliphatic heterocycles. The smallest absolute Gasteiger partial charge is 0.0702 e. The standard InChI is InChI=1S/C15H19N/c1-12(2)6-5-7-13-10-14-8-3-4-9-15(14)16-11-13/h3-4,8-12H,5-7H2,1-2H3. The van der Waals surface area contributed by atoms with Crippen molar-refractivity contribution in [1.82, 2.24) is 4.98 Å². The van der Waals surface area contributed by atoms with Crippen molar-refractivity contribution < 1.29 is 0 Å². The lowest BCUT2D eigenvalue weighted by atomic mass is 10.0. The minimum absolute atomic E-state index is 0.799. The molecule has 0 N–H and O–H groups in total. The van der Waals surface area contributed by atoms with Gasteiger partial charge in [0, 0.05) is 11.6 Å². The number of hydrogen-bond donors (Lipinski definition) is 0. The van der Waals surface area contributed by atoms with Crippen molar-refractivity contribution >= 4 is 10.9 Å². The van der Waals surface area contributed by atoms with E-state index in [0.717, 1.165) is 17.9 Å². The summed E-state index contributed by atoms with van der Waals surface area (Å²) >= 11 is 0. The predicted octanol–water partition coefficient (Wildman–Crippen LogP) is 4.21. The highest BCUT2D eigenvalue weighted by Gasteiger charge is 1.99. The topological polar surface area (TPSA) is 12.9 Å². The third-order valence-electron chi connectivity index (χ3n) is 2.89. The molecule has 0 saturated heterocycles. The quantitative estimate of drug-likeness (QED) is 0.741. The molecular formula is C15H19N. The summed E-state index contributed by atoms with van der Waals surface area (Å²) in [6.45, 7) is 4.55. The molecule has 2 aromatic rings. The number of aromatic nitrogens is 1. The number of fused-ring (bicyclic) bond motifs is 1. The Labute approximate surface area is 97.5 Å². The molecule has 1 aromatic carbocycles. The van der Waals surface area contributed by atoms with Gasteiger partial charge >= 0.3 is 0 Å². The van der Waals surface area contributed by atoms with Crippen molar-refractivity contribution in [2.45, 2.75) is 33.1 Å². The van der Waals surface area contributed by atoms with E-state index >= 15 is 0 Å². The van der Waals surface area contributed by atoms with Crippen molar-refractivity contribution in [3.8, 4) is 0 Å². The Hall–Kier alpha value is -1.37. The van der Waals surface area contributed by atoms with Crippen LogP contribution in [0.1, 0.15) is 32.3 Å². The first-order chi connectivity index (χ1) is 7.75. The Morgan fingerprint density at radius 1 is 1.19 bits per heavy atom. The Morgan fingerprint density at radius 3 is 2.81 bits per heavy atom. The molecule has 0 spiro atoms. The van der Waals surface area contributed by atoms with Crippen LogP contribution in [0.3, 0.4) is 0 Å². The second-order valence-electron chi connectivity index (χ2n) is 4.82. The van der Waals surface area contributed by atoms with E-state index in [9.17, 15) is 0 Å². The van der Waals surface area contributed by atoms with Gasteiger partial charge in [0.25, 0.3) is 0 Å². The zero-order valence-corrected chi connectivity index (χ0v) is 10.1. The zero-order chi connectivity index (χ0) is 11.4. The van der Waals surface area contributed by atoms with Crippen LogP contribution in [-0.4, -0.2) is 4.98 Å². The van der Waals surface area contributed by atoms with Crippen molar-refractivity contribution in [3.05, 3.63) is 42.1 Å². The van der Waals surface area contributed by atoms with Crippen LogP contribution < -0.4 is 0 Å². The second-order valence-corrected chi connectivity index (χ2v) is 4.82. The third kappa shape index (κ3) is 2.82. The number of pyridine rings is 1. The van der Waals surface area contributed by atoms with Crippen LogP contribution in [0.2, 0.25) is 0 Å². The van der Waals surface area contributed by atoms with Crippen LogP contribution in [0.25, 0.3) is 10.9 Å². The van der Waals surface area contributed by atoms with Gasteiger partial charge in [-0.25, -0.2) is 0 Å².